The van der Waals surface area contributed by atoms with E-state index in [4.69, 9.17) is 0 Å². The van der Waals surface area contributed by atoms with Crippen LogP contribution in [-0.2, 0) is 0 Å². The van der Waals surface area contributed by atoms with Crippen LogP contribution in [0.4, 0.5) is 0 Å². The first-order valence-electron chi connectivity index (χ1n) is 6.01. The minimum Gasteiger partial charge on any atom is -0.590 e. The predicted octanol–water partition coefficient (Wildman–Crippen LogP) is 4.11. The third-order valence-corrected chi connectivity index (χ3v) is 4.83. The van der Waals surface area contributed by atoms with Gasteiger partial charge in [-0.1, -0.05) is 42.5 Å². The van der Waals surface area contributed by atoms with E-state index in [0.29, 0.717) is 0 Å². The fourth-order valence-electron chi connectivity index (χ4n) is 2.43. The largest absolute Gasteiger partial charge is 0.590 e. The van der Waals surface area contributed by atoms with Gasteiger partial charge in [-0.2, -0.15) is 5.10 Å². The van der Waals surface area contributed by atoms with Gasteiger partial charge in [0.1, 0.15) is 5.52 Å². The van der Waals surface area contributed by atoms with Crippen LogP contribution in [0.2, 0.25) is 0 Å². The summed E-state index contributed by atoms with van der Waals surface area (Å²) in [7, 11) is -1.15. The maximum Gasteiger partial charge on any atom is 0.226 e. The Morgan fingerprint density at radius 3 is 2.53 bits per heavy atom. The van der Waals surface area contributed by atoms with E-state index in [0.717, 1.165) is 31.6 Å². The number of fused-ring (bicyclic) bond motifs is 3. The highest BCUT2D eigenvalue weighted by atomic mass is 32.2. The second kappa shape index (κ2) is 3.91. The zero-order valence-electron chi connectivity index (χ0n) is 9.96. The lowest BCUT2D eigenvalue weighted by Gasteiger charge is -1.95. The zero-order valence-corrected chi connectivity index (χ0v) is 10.8. The van der Waals surface area contributed by atoms with Crippen LogP contribution in [0.5, 0.6) is 0 Å². The van der Waals surface area contributed by atoms with Crippen molar-refractivity contribution in [3.63, 3.8) is 0 Å². The van der Waals surface area contributed by atoms with Crippen molar-refractivity contribution in [1.29, 1.82) is 0 Å². The van der Waals surface area contributed by atoms with Gasteiger partial charge in [-0.3, -0.25) is 5.10 Å². The van der Waals surface area contributed by atoms with E-state index in [1.54, 1.807) is 0 Å². The van der Waals surface area contributed by atoms with E-state index in [-0.39, 0.29) is 0 Å². The SMILES string of the molecule is [O-][s+]1c2ccccc2c2[nH]nc(-c3ccccc3)c21. The van der Waals surface area contributed by atoms with Gasteiger partial charge in [0, 0.05) is 5.56 Å². The van der Waals surface area contributed by atoms with Gasteiger partial charge in [-0.25, -0.2) is 0 Å². The number of nitrogens with zero attached hydrogens (tertiary/aromatic N) is 1. The standard InChI is InChI=1S/C15H10N2OS/c18-19-12-9-5-4-8-11(12)14-15(19)13(16-17-14)10-6-2-1-3-7-10/h1-9H,(H,16,17). The van der Waals surface area contributed by atoms with Crippen molar-refractivity contribution >= 4 is 31.1 Å². The Balaban J connectivity index is 2.15. The number of benzene rings is 2. The van der Waals surface area contributed by atoms with Gasteiger partial charge in [0.25, 0.3) is 0 Å². The first-order chi connectivity index (χ1) is 9.36. The lowest BCUT2D eigenvalue weighted by Crippen LogP contribution is -1.77. The molecule has 0 aliphatic carbocycles. The quantitative estimate of drug-likeness (QED) is 0.527. The number of hydrogen-bond acceptors (Lipinski definition) is 2. The van der Waals surface area contributed by atoms with E-state index in [9.17, 15) is 4.55 Å². The minimum atomic E-state index is -1.15. The number of thiophene rings is 1. The van der Waals surface area contributed by atoms with E-state index in [1.807, 2.05) is 54.6 Å². The van der Waals surface area contributed by atoms with Gasteiger partial charge < -0.3 is 4.55 Å². The summed E-state index contributed by atoms with van der Waals surface area (Å²) < 4.78 is 14.3. The lowest BCUT2D eigenvalue weighted by molar-refractivity contribution is 0.602. The van der Waals surface area contributed by atoms with E-state index in [2.05, 4.69) is 10.2 Å². The highest BCUT2D eigenvalue weighted by Crippen LogP contribution is 2.43. The predicted molar refractivity (Wildman–Crippen MR) is 77.7 cm³/mol. The van der Waals surface area contributed by atoms with Crippen molar-refractivity contribution in [2.45, 2.75) is 0 Å². The Morgan fingerprint density at radius 1 is 0.947 bits per heavy atom. The summed E-state index contributed by atoms with van der Waals surface area (Å²) in [5.41, 5.74) is 2.65. The van der Waals surface area contributed by atoms with Gasteiger partial charge >= 0.3 is 0 Å². The van der Waals surface area contributed by atoms with Crippen molar-refractivity contribution in [1.82, 2.24) is 10.2 Å². The molecule has 0 amide bonds. The molecule has 2 aromatic carbocycles. The van der Waals surface area contributed by atoms with Crippen LogP contribution in [0.3, 0.4) is 0 Å². The maximum atomic E-state index is 12.6. The molecule has 1 atom stereocenters. The molecule has 19 heavy (non-hydrogen) atoms. The first-order valence-corrected chi connectivity index (χ1v) is 7.16. The number of H-pyrrole nitrogens is 1. The second-order valence-electron chi connectivity index (χ2n) is 4.41. The van der Waals surface area contributed by atoms with Crippen LogP contribution in [-0.4, -0.2) is 14.8 Å². The van der Waals surface area contributed by atoms with E-state index < -0.39 is 10.8 Å². The van der Waals surface area contributed by atoms with Crippen LogP contribution in [0.15, 0.2) is 54.6 Å². The van der Waals surface area contributed by atoms with Gasteiger partial charge in [0.05, 0.1) is 5.39 Å². The molecule has 4 aromatic rings. The van der Waals surface area contributed by atoms with Crippen LogP contribution in [0, 0.1) is 0 Å². The molecule has 0 saturated heterocycles. The Labute approximate surface area is 112 Å². The summed E-state index contributed by atoms with van der Waals surface area (Å²) in [6.07, 6.45) is 0. The van der Waals surface area contributed by atoms with Crippen LogP contribution in [0.25, 0.3) is 31.6 Å². The molecule has 1 N–H and O–H groups in total. The maximum absolute atomic E-state index is 12.6. The molecule has 2 heterocycles. The highest BCUT2D eigenvalue weighted by molar-refractivity contribution is 7.38. The molecule has 0 radical (unpaired) electrons. The Bertz CT molecular complexity index is 877. The van der Waals surface area contributed by atoms with Crippen LogP contribution >= 0.6 is 10.8 Å². The number of aromatic amines is 1. The summed E-state index contributed by atoms with van der Waals surface area (Å²) in [5.74, 6) is 0. The third-order valence-electron chi connectivity index (χ3n) is 3.31. The van der Waals surface area contributed by atoms with Crippen molar-refractivity contribution < 1.29 is 4.55 Å². The average Bonchev–Trinajstić information content (AvgIpc) is 3.02. The first kappa shape index (κ1) is 10.7. The van der Waals surface area contributed by atoms with E-state index in [1.165, 1.54) is 0 Å². The third kappa shape index (κ3) is 1.44. The minimum absolute atomic E-state index is 0.783. The molecule has 0 bridgehead atoms. The normalized spacial score (nSPS) is 12.4. The molecule has 1 unspecified atom stereocenters. The molecule has 0 spiro atoms. The number of aromatic nitrogens is 2. The molecule has 3 nitrogen and oxygen atoms in total. The van der Waals surface area contributed by atoms with Gasteiger partial charge in [0.15, 0.2) is 10.4 Å². The van der Waals surface area contributed by atoms with Crippen molar-refractivity contribution in [2.24, 2.45) is 0 Å². The molecular weight excluding hydrogens is 256 g/mol. The summed E-state index contributed by atoms with van der Waals surface area (Å²) in [4.78, 5) is 0. The molecule has 4 rings (SSSR count). The molecular formula is C15H10N2OS. The molecule has 0 fully saturated rings. The Hall–Kier alpha value is -2.17. The van der Waals surface area contributed by atoms with Gasteiger partial charge in [-0.05, 0) is 22.9 Å². The smallest absolute Gasteiger partial charge is 0.226 e. The van der Waals surface area contributed by atoms with Crippen molar-refractivity contribution in [3.05, 3.63) is 54.6 Å². The molecule has 4 heteroatoms. The summed E-state index contributed by atoms with van der Waals surface area (Å²) >= 11 is 0. The number of nitrogens with one attached hydrogen (secondary N) is 1. The monoisotopic (exact) mass is 266 g/mol. The molecule has 0 aliphatic rings. The second-order valence-corrected chi connectivity index (χ2v) is 5.79. The average molecular weight is 266 g/mol. The fraction of sp³-hybridized carbons (Fsp3) is 0. The topological polar surface area (TPSA) is 51.7 Å². The van der Waals surface area contributed by atoms with Crippen molar-refractivity contribution in [3.8, 4) is 11.3 Å². The van der Waals surface area contributed by atoms with Crippen LogP contribution in [0.1, 0.15) is 0 Å². The van der Waals surface area contributed by atoms with Crippen LogP contribution < -0.4 is 0 Å². The summed E-state index contributed by atoms with van der Waals surface area (Å²) in [5, 5.41) is 8.36. The molecule has 92 valence electrons. The lowest BCUT2D eigenvalue weighted by atomic mass is 10.1. The number of rotatable bonds is 1. The summed E-state index contributed by atoms with van der Waals surface area (Å²) in [6, 6.07) is 17.6. The Morgan fingerprint density at radius 2 is 1.68 bits per heavy atom. The highest BCUT2D eigenvalue weighted by Gasteiger charge is 2.22. The molecule has 0 aliphatic heterocycles. The summed E-state index contributed by atoms with van der Waals surface area (Å²) in [6.45, 7) is 0. The Kier molecular flexibility index (Phi) is 2.21. The zero-order chi connectivity index (χ0) is 12.8. The molecule has 0 saturated carbocycles. The van der Waals surface area contributed by atoms with Gasteiger partial charge in [0.2, 0.25) is 4.70 Å². The molecule has 2 aromatic heterocycles. The van der Waals surface area contributed by atoms with Crippen molar-refractivity contribution in [2.75, 3.05) is 0 Å². The fourth-order valence-corrected chi connectivity index (χ4v) is 3.90. The number of hydrogen-bond donors (Lipinski definition) is 1. The van der Waals surface area contributed by atoms with Gasteiger partial charge in [-0.15, -0.1) is 0 Å². The van der Waals surface area contributed by atoms with E-state index >= 15 is 0 Å².